The van der Waals surface area contributed by atoms with Gasteiger partial charge in [-0.15, -0.1) is 0 Å². The van der Waals surface area contributed by atoms with Crippen molar-refractivity contribution in [2.45, 2.75) is 78.6 Å². The molecule has 5 aliphatic rings. The number of hydrogen-bond donors (Lipinski definition) is 1. The molecule has 5 fully saturated rings. The monoisotopic (exact) mass is 373 g/mol. The number of carbonyl (C=O) groups excluding carboxylic acids is 2. The molecule has 0 aromatic heterocycles. The van der Waals surface area contributed by atoms with Crippen molar-refractivity contribution in [2.24, 2.45) is 33.7 Å². The van der Waals surface area contributed by atoms with Crippen molar-refractivity contribution in [3.05, 3.63) is 0 Å². The van der Waals surface area contributed by atoms with Gasteiger partial charge in [-0.25, -0.2) is 5.43 Å². The summed E-state index contributed by atoms with van der Waals surface area (Å²) in [6.45, 7) is 7.74. The first-order valence-electron chi connectivity index (χ1n) is 10.9. The maximum Gasteiger partial charge on any atom is 0.246 e. The molecule has 1 aliphatic heterocycles. The smallest absolute Gasteiger partial charge is 0.246 e. The van der Waals surface area contributed by atoms with Crippen LogP contribution in [0.2, 0.25) is 0 Å². The average Bonchev–Trinajstić information content (AvgIpc) is 2.57. The summed E-state index contributed by atoms with van der Waals surface area (Å²) in [5.74, 6) is 2.71. The van der Waals surface area contributed by atoms with Crippen LogP contribution in [0.1, 0.15) is 78.6 Å². The van der Waals surface area contributed by atoms with E-state index < -0.39 is 0 Å². The van der Waals surface area contributed by atoms with Crippen LogP contribution in [0.25, 0.3) is 0 Å². The molecule has 1 saturated heterocycles. The molecule has 0 spiro atoms. The van der Waals surface area contributed by atoms with E-state index in [1.165, 1.54) is 19.3 Å². The Morgan fingerprint density at radius 1 is 1.04 bits per heavy atom. The molecule has 4 bridgehead atoms. The number of rotatable bonds is 3. The van der Waals surface area contributed by atoms with Gasteiger partial charge in [-0.3, -0.25) is 9.59 Å². The van der Waals surface area contributed by atoms with Crippen LogP contribution in [0.4, 0.5) is 0 Å². The van der Waals surface area contributed by atoms with Crippen LogP contribution in [-0.4, -0.2) is 35.5 Å². The van der Waals surface area contributed by atoms with Crippen molar-refractivity contribution < 1.29 is 9.59 Å². The summed E-state index contributed by atoms with van der Waals surface area (Å²) in [6.07, 6.45) is 9.40. The fourth-order valence-corrected chi connectivity index (χ4v) is 6.33. The molecule has 4 saturated carbocycles. The third-order valence-electron chi connectivity index (χ3n) is 7.21. The van der Waals surface area contributed by atoms with Gasteiger partial charge in [0.05, 0.1) is 5.41 Å². The molecule has 150 valence electrons. The van der Waals surface area contributed by atoms with Crippen molar-refractivity contribution in [3.63, 3.8) is 0 Å². The summed E-state index contributed by atoms with van der Waals surface area (Å²) < 4.78 is 0. The number of nitrogens with one attached hydrogen (secondary N) is 1. The number of hydrazone groups is 1. The van der Waals surface area contributed by atoms with E-state index in [2.05, 4.69) is 31.3 Å². The van der Waals surface area contributed by atoms with E-state index >= 15 is 0 Å². The summed E-state index contributed by atoms with van der Waals surface area (Å²) in [5.41, 5.74) is 3.86. The molecule has 4 aliphatic carbocycles. The summed E-state index contributed by atoms with van der Waals surface area (Å²) in [7, 11) is 0. The van der Waals surface area contributed by atoms with E-state index in [9.17, 15) is 9.59 Å². The Kier molecular flexibility index (Phi) is 4.84. The van der Waals surface area contributed by atoms with Crippen molar-refractivity contribution in [1.82, 2.24) is 10.3 Å². The lowest BCUT2D eigenvalue weighted by atomic mass is 9.49. The minimum Gasteiger partial charge on any atom is -0.342 e. The quantitative estimate of drug-likeness (QED) is 0.766. The van der Waals surface area contributed by atoms with Gasteiger partial charge < -0.3 is 4.90 Å². The fourth-order valence-electron chi connectivity index (χ4n) is 6.33. The van der Waals surface area contributed by atoms with Crippen LogP contribution in [-0.2, 0) is 9.59 Å². The third-order valence-corrected chi connectivity index (χ3v) is 7.21. The van der Waals surface area contributed by atoms with Crippen LogP contribution >= 0.6 is 0 Å². The van der Waals surface area contributed by atoms with Crippen LogP contribution in [0, 0.1) is 28.6 Å². The molecule has 0 atom stereocenters. The zero-order valence-electron chi connectivity index (χ0n) is 17.2. The molecule has 2 amide bonds. The molecule has 5 rings (SSSR count). The molecular formula is C22H35N3O2. The number of piperidine rings is 1. The first-order valence-corrected chi connectivity index (χ1v) is 10.9. The van der Waals surface area contributed by atoms with Gasteiger partial charge >= 0.3 is 0 Å². The van der Waals surface area contributed by atoms with Crippen molar-refractivity contribution in [2.75, 3.05) is 13.1 Å². The van der Waals surface area contributed by atoms with Crippen LogP contribution in [0.5, 0.6) is 0 Å². The van der Waals surface area contributed by atoms with E-state index in [1.54, 1.807) is 0 Å². The van der Waals surface area contributed by atoms with Gasteiger partial charge in [0.25, 0.3) is 0 Å². The van der Waals surface area contributed by atoms with Gasteiger partial charge in [0.1, 0.15) is 0 Å². The number of amides is 2. The van der Waals surface area contributed by atoms with E-state index in [1.807, 2.05) is 4.90 Å². The molecule has 5 nitrogen and oxygen atoms in total. The van der Waals surface area contributed by atoms with Crippen LogP contribution < -0.4 is 5.43 Å². The second-order valence-electron chi connectivity index (χ2n) is 10.9. The van der Waals surface area contributed by atoms with Crippen molar-refractivity contribution >= 4 is 17.5 Å². The molecule has 0 aromatic rings. The first kappa shape index (κ1) is 18.9. The van der Waals surface area contributed by atoms with E-state index in [4.69, 9.17) is 0 Å². The predicted molar refractivity (Wildman–Crippen MR) is 106 cm³/mol. The van der Waals surface area contributed by atoms with Gasteiger partial charge in [-0.2, -0.15) is 5.10 Å². The standard InChI is InChI=1S/C22H35N3O2/c1-21(2,3)14-19(26)25-6-4-18(5-7-25)23-24-20(27)22-11-15-8-16(12-22)10-17(9-15)13-22/h15-17H,4-14H2,1-3H3,(H,24,27). The summed E-state index contributed by atoms with van der Waals surface area (Å²) >= 11 is 0. The highest BCUT2D eigenvalue weighted by molar-refractivity contribution is 5.90. The third kappa shape index (κ3) is 4.07. The van der Waals surface area contributed by atoms with Gasteiger partial charge in [-0.1, -0.05) is 20.8 Å². The largest absolute Gasteiger partial charge is 0.342 e. The summed E-state index contributed by atoms with van der Waals surface area (Å²) in [5, 5.41) is 4.49. The molecule has 0 aromatic carbocycles. The molecule has 5 heteroatoms. The molecule has 0 radical (unpaired) electrons. The lowest BCUT2D eigenvalue weighted by Gasteiger charge is -2.55. The number of likely N-dealkylation sites (tertiary alicyclic amines) is 1. The van der Waals surface area contributed by atoms with Gasteiger partial charge in [0, 0.05) is 38.1 Å². The molecule has 1 N–H and O–H groups in total. The fraction of sp³-hybridized carbons (Fsp3) is 0.864. The normalized spacial score (nSPS) is 35.3. The van der Waals surface area contributed by atoms with E-state index in [0.717, 1.165) is 68.7 Å². The maximum atomic E-state index is 13.0. The average molecular weight is 374 g/mol. The Hall–Kier alpha value is -1.39. The van der Waals surface area contributed by atoms with Gasteiger partial charge in [-0.05, 0) is 61.7 Å². The second kappa shape index (κ2) is 6.89. The molecular weight excluding hydrogens is 338 g/mol. The number of hydrogen-bond acceptors (Lipinski definition) is 3. The van der Waals surface area contributed by atoms with Gasteiger partial charge in [0.15, 0.2) is 0 Å². The second-order valence-corrected chi connectivity index (χ2v) is 10.9. The van der Waals surface area contributed by atoms with E-state index in [0.29, 0.717) is 6.42 Å². The predicted octanol–water partition coefficient (Wildman–Crippen LogP) is 3.73. The first-order chi connectivity index (χ1) is 12.7. The topological polar surface area (TPSA) is 61.8 Å². The molecule has 1 heterocycles. The lowest BCUT2D eigenvalue weighted by Crippen LogP contribution is -2.53. The Balaban J connectivity index is 1.30. The van der Waals surface area contributed by atoms with E-state index in [-0.39, 0.29) is 22.6 Å². The number of carbonyl (C=O) groups is 2. The van der Waals surface area contributed by atoms with Crippen molar-refractivity contribution in [3.8, 4) is 0 Å². The minimum atomic E-state index is -0.137. The highest BCUT2D eigenvalue weighted by Crippen LogP contribution is 2.60. The highest BCUT2D eigenvalue weighted by Gasteiger charge is 2.54. The Morgan fingerprint density at radius 2 is 1.56 bits per heavy atom. The minimum absolute atomic E-state index is 0.0251. The Labute approximate surface area is 163 Å². The summed E-state index contributed by atoms with van der Waals surface area (Å²) in [6, 6.07) is 0. The highest BCUT2D eigenvalue weighted by atomic mass is 16.2. The molecule has 0 unspecified atom stereocenters. The SMILES string of the molecule is CC(C)(C)CC(=O)N1CCC(=NNC(=O)C23CC4CC(CC(C4)C2)C3)CC1. The molecule has 27 heavy (non-hydrogen) atoms. The Morgan fingerprint density at radius 3 is 2.04 bits per heavy atom. The number of nitrogens with zero attached hydrogens (tertiary/aromatic N) is 2. The van der Waals surface area contributed by atoms with Crippen molar-refractivity contribution in [1.29, 1.82) is 0 Å². The van der Waals surface area contributed by atoms with Crippen LogP contribution in [0.15, 0.2) is 5.10 Å². The zero-order valence-corrected chi connectivity index (χ0v) is 17.2. The van der Waals surface area contributed by atoms with Crippen LogP contribution in [0.3, 0.4) is 0 Å². The lowest BCUT2D eigenvalue weighted by molar-refractivity contribution is -0.146. The zero-order chi connectivity index (χ0) is 19.2. The summed E-state index contributed by atoms with van der Waals surface area (Å²) in [4.78, 5) is 27.3. The van der Waals surface area contributed by atoms with Gasteiger partial charge in [0.2, 0.25) is 11.8 Å². The maximum absolute atomic E-state index is 13.0. The Bertz CT molecular complexity index is 601.